The van der Waals surface area contributed by atoms with Crippen molar-refractivity contribution in [1.82, 2.24) is 4.98 Å². The van der Waals surface area contributed by atoms with E-state index in [4.69, 9.17) is 25.0 Å². The molecule has 0 saturated carbocycles. The lowest BCUT2D eigenvalue weighted by molar-refractivity contribution is 0.309. The van der Waals surface area contributed by atoms with Crippen LogP contribution in [0, 0.1) is 0 Å². The van der Waals surface area contributed by atoms with Crippen molar-refractivity contribution >= 4 is 73.2 Å². The molecule has 4 aromatic rings. The number of rotatable bonds is 13. The zero-order valence-corrected chi connectivity index (χ0v) is 26.7. The molecule has 4 rings (SSSR count). The maximum Gasteiger partial charge on any atom is 0.264 e. The molecule has 0 radical (unpaired) electrons. The van der Waals surface area contributed by atoms with E-state index in [0.717, 1.165) is 51.3 Å². The van der Waals surface area contributed by atoms with Crippen LogP contribution in [0.25, 0.3) is 21.8 Å². The molecule has 0 unspecified atom stereocenters. The summed E-state index contributed by atoms with van der Waals surface area (Å²) in [5, 5.41) is 3.63. The van der Waals surface area contributed by atoms with Crippen LogP contribution in [-0.4, -0.2) is 66.8 Å². The molecule has 0 amide bonds. The average molecular weight is 671 g/mol. The molecule has 0 fully saturated rings. The fraction of sp³-hybridized carbons (Fsp3) is 0.214. The molecule has 0 atom stereocenters. The van der Waals surface area contributed by atoms with Gasteiger partial charge >= 0.3 is 0 Å². The standard InChI is InChI=1S/C28H28ClN3O6S3.ClH/c1-40(33,34)37-17-15-32(16-18-38-41(2,35)36)26-13-3-21(4-14-26)19-30-25-11-7-22(8-12-25)27-20-39-28(31-27)23-5-9-24(29)10-6-23;/h3-14,19-20H,15-18H2,1-2H3;1H. The summed E-state index contributed by atoms with van der Waals surface area (Å²) in [6.45, 7) is 0.279. The molecule has 0 saturated heterocycles. The van der Waals surface area contributed by atoms with Gasteiger partial charge in [-0.25, -0.2) is 4.98 Å². The molecule has 0 aliphatic heterocycles. The third-order valence-electron chi connectivity index (χ3n) is 5.70. The summed E-state index contributed by atoms with van der Waals surface area (Å²) in [5.74, 6) is 0. The minimum atomic E-state index is -3.59. The molecular formula is C28H29Cl2N3O6S3. The zero-order valence-electron chi connectivity index (χ0n) is 22.7. The van der Waals surface area contributed by atoms with Gasteiger partial charge in [-0.3, -0.25) is 13.4 Å². The third kappa shape index (κ3) is 10.8. The van der Waals surface area contributed by atoms with Crippen LogP contribution in [0.3, 0.4) is 0 Å². The molecular weight excluding hydrogens is 641 g/mol. The topological polar surface area (TPSA) is 115 Å². The third-order valence-corrected chi connectivity index (χ3v) is 8.03. The molecule has 0 bridgehead atoms. The van der Waals surface area contributed by atoms with Gasteiger partial charge in [-0.15, -0.1) is 23.7 Å². The van der Waals surface area contributed by atoms with Gasteiger partial charge < -0.3 is 4.90 Å². The highest BCUT2D eigenvalue weighted by atomic mass is 35.5. The summed E-state index contributed by atoms with van der Waals surface area (Å²) in [7, 11) is -7.19. The Morgan fingerprint density at radius 1 is 0.833 bits per heavy atom. The van der Waals surface area contributed by atoms with Crippen molar-refractivity contribution in [2.75, 3.05) is 43.7 Å². The second-order valence-corrected chi connectivity index (χ2v) is 13.6. The van der Waals surface area contributed by atoms with Crippen molar-refractivity contribution in [1.29, 1.82) is 0 Å². The molecule has 9 nitrogen and oxygen atoms in total. The lowest BCUT2D eigenvalue weighted by atomic mass is 10.1. The first-order valence-corrected chi connectivity index (χ1v) is 17.2. The van der Waals surface area contributed by atoms with Crippen molar-refractivity contribution in [3.63, 3.8) is 0 Å². The smallest absolute Gasteiger partial charge is 0.264 e. The second kappa shape index (κ2) is 15.1. The molecule has 1 heterocycles. The Balaban J connectivity index is 0.00000484. The van der Waals surface area contributed by atoms with E-state index in [1.807, 2.05) is 78.2 Å². The molecule has 0 aliphatic carbocycles. The number of hydrogen-bond acceptors (Lipinski definition) is 10. The Hall–Kier alpha value is -2.84. The van der Waals surface area contributed by atoms with E-state index >= 15 is 0 Å². The van der Waals surface area contributed by atoms with Crippen LogP contribution in [-0.2, 0) is 28.6 Å². The quantitative estimate of drug-likeness (QED) is 0.125. The van der Waals surface area contributed by atoms with Gasteiger partial charge in [0.2, 0.25) is 0 Å². The first kappa shape index (κ1) is 33.7. The number of benzene rings is 3. The number of thiazole rings is 1. The van der Waals surface area contributed by atoms with E-state index in [1.54, 1.807) is 22.5 Å². The van der Waals surface area contributed by atoms with Gasteiger partial charge in [0.25, 0.3) is 20.2 Å². The molecule has 0 aliphatic rings. The van der Waals surface area contributed by atoms with Gasteiger partial charge in [-0.2, -0.15) is 16.8 Å². The van der Waals surface area contributed by atoms with Crippen molar-refractivity contribution in [3.8, 4) is 21.8 Å². The number of hydrogen-bond donors (Lipinski definition) is 0. The molecule has 224 valence electrons. The minimum Gasteiger partial charge on any atom is -0.367 e. The fourth-order valence-electron chi connectivity index (χ4n) is 3.74. The zero-order chi connectivity index (χ0) is 29.5. The number of nitrogens with zero attached hydrogens (tertiary/aromatic N) is 3. The largest absolute Gasteiger partial charge is 0.367 e. The lowest BCUT2D eigenvalue weighted by Crippen LogP contribution is -2.32. The molecule has 14 heteroatoms. The number of halogens is 2. The minimum absolute atomic E-state index is 0. The summed E-state index contributed by atoms with van der Waals surface area (Å²) in [5.41, 5.74) is 5.28. The molecule has 1 aromatic heterocycles. The maximum absolute atomic E-state index is 11.3. The van der Waals surface area contributed by atoms with Crippen LogP contribution in [0.1, 0.15) is 5.56 Å². The van der Waals surface area contributed by atoms with E-state index in [2.05, 4.69) is 4.99 Å². The Bertz CT molecular complexity index is 1660. The van der Waals surface area contributed by atoms with E-state index in [1.165, 1.54) is 0 Å². The summed E-state index contributed by atoms with van der Waals surface area (Å²) in [4.78, 5) is 11.1. The van der Waals surface area contributed by atoms with Crippen molar-refractivity contribution in [3.05, 3.63) is 88.8 Å². The first-order valence-electron chi connectivity index (χ1n) is 12.3. The fourth-order valence-corrected chi connectivity index (χ4v) is 5.45. The van der Waals surface area contributed by atoms with Gasteiger partial charge in [0.15, 0.2) is 0 Å². The van der Waals surface area contributed by atoms with E-state index < -0.39 is 20.2 Å². The Labute approximate surface area is 261 Å². The number of aliphatic imine (C=N–C) groups is 1. The maximum atomic E-state index is 11.3. The first-order chi connectivity index (χ1) is 19.4. The van der Waals surface area contributed by atoms with Crippen molar-refractivity contribution in [2.24, 2.45) is 4.99 Å². The van der Waals surface area contributed by atoms with Crippen LogP contribution in [0.5, 0.6) is 0 Å². The Morgan fingerprint density at radius 2 is 1.38 bits per heavy atom. The van der Waals surface area contributed by atoms with Gasteiger partial charge in [0.1, 0.15) is 5.01 Å². The van der Waals surface area contributed by atoms with Gasteiger partial charge in [0.05, 0.1) is 37.1 Å². The highest BCUT2D eigenvalue weighted by Gasteiger charge is 2.11. The Kier molecular flexibility index (Phi) is 12.1. The normalized spacial score (nSPS) is 11.9. The van der Waals surface area contributed by atoms with E-state index in [9.17, 15) is 16.8 Å². The van der Waals surface area contributed by atoms with Gasteiger partial charge in [-0.1, -0.05) is 48.0 Å². The average Bonchev–Trinajstić information content (AvgIpc) is 3.41. The lowest BCUT2D eigenvalue weighted by Gasteiger charge is -2.24. The van der Waals surface area contributed by atoms with Crippen molar-refractivity contribution in [2.45, 2.75) is 0 Å². The van der Waals surface area contributed by atoms with Crippen molar-refractivity contribution < 1.29 is 25.2 Å². The predicted molar refractivity (Wildman–Crippen MR) is 173 cm³/mol. The number of anilines is 1. The van der Waals surface area contributed by atoms with Gasteiger partial charge in [-0.05, 0) is 42.0 Å². The predicted octanol–water partition coefficient (Wildman–Crippen LogP) is 6.06. The van der Waals surface area contributed by atoms with Crippen LogP contribution in [0.2, 0.25) is 5.02 Å². The summed E-state index contributed by atoms with van der Waals surface area (Å²) < 4.78 is 55.0. The summed E-state index contributed by atoms with van der Waals surface area (Å²) in [6, 6.07) is 22.8. The Morgan fingerprint density at radius 3 is 1.93 bits per heavy atom. The summed E-state index contributed by atoms with van der Waals surface area (Å²) >= 11 is 7.56. The molecule has 42 heavy (non-hydrogen) atoms. The SMILES string of the molecule is CS(=O)(=O)OCCN(CCOS(C)(=O)=O)c1ccc(C=Nc2ccc(-c3csc(-c4ccc(Cl)cc4)n3)cc2)cc1.Cl. The van der Waals surface area contributed by atoms with E-state index in [-0.39, 0.29) is 38.7 Å². The summed E-state index contributed by atoms with van der Waals surface area (Å²) in [6.07, 6.45) is 3.69. The van der Waals surface area contributed by atoms with Crippen LogP contribution < -0.4 is 4.90 Å². The van der Waals surface area contributed by atoms with Gasteiger partial charge in [0, 0.05) is 46.5 Å². The highest BCUT2D eigenvalue weighted by Crippen LogP contribution is 2.30. The highest BCUT2D eigenvalue weighted by molar-refractivity contribution is 7.86. The molecule has 0 spiro atoms. The van der Waals surface area contributed by atoms with Crippen LogP contribution in [0.15, 0.2) is 83.2 Å². The monoisotopic (exact) mass is 669 g/mol. The van der Waals surface area contributed by atoms with E-state index in [0.29, 0.717) is 5.02 Å². The van der Waals surface area contributed by atoms with Crippen LogP contribution >= 0.6 is 35.3 Å². The second-order valence-electron chi connectivity index (χ2n) is 8.98. The number of aromatic nitrogens is 1. The molecule has 0 N–H and O–H groups in total. The van der Waals surface area contributed by atoms with Crippen LogP contribution in [0.4, 0.5) is 11.4 Å². The molecule has 3 aromatic carbocycles.